The molecule has 0 N–H and O–H groups in total. The van der Waals surface area contributed by atoms with E-state index in [9.17, 15) is 0 Å². The van der Waals surface area contributed by atoms with Crippen LogP contribution in [0.4, 0.5) is 28.4 Å². The van der Waals surface area contributed by atoms with Crippen LogP contribution in [0.3, 0.4) is 0 Å². The van der Waals surface area contributed by atoms with Gasteiger partial charge in [0.2, 0.25) is 0 Å². The van der Waals surface area contributed by atoms with Gasteiger partial charge < -0.3 is 9.71 Å². The maximum Gasteiger partial charge on any atom is 0.333 e. The highest BCUT2D eigenvalue weighted by Crippen LogP contribution is 2.51. The molecule has 0 fully saturated rings. The molecule has 0 bridgehead atoms. The minimum absolute atomic E-state index is 0.00569. The van der Waals surface area contributed by atoms with Gasteiger partial charge in [-0.1, -0.05) is 159 Å². The second-order valence-electron chi connectivity index (χ2n) is 19.5. The van der Waals surface area contributed by atoms with Crippen molar-refractivity contribution in [3.05, 3.63) is 162 Å². The first-order chi connectivity index (χ1) is 27.7. The van der Waals surface area contributed by atoms with Crippen molar-refractivity contribution in [2.45, 2.75) is 78.6 Å². The summed E-state index contributed by atoms with van der Waals surface area (Å²) in [6.07, 6.45) is 0. The lowest BCUT2D eigenvalue weighted by Crippen LogP contribution is -2.61. The van der Waals surface area contributed by atoms with Crippen LogP contribution in [0.5, 0.6) is 0 Å². The molecule has 7 aromatic carbocycles. The van der Waals surface area contributed by atoms with Gasteiger partial charge in [0.25, 0.3) is 0 Å². The van der Waals surface area contributed by atoms with E-state index < -0.39 is 0 Å². The molecule has 58 heavy (non-hydrogen) atoms. The van der Waals surface area contributed by atoms with Gasteiger partial charge >= 0.3 is 6.85 Å². The molecule has 0 spiro atoms. The Labute approximate surface area is 348 Å². The smallest absolute Gasteiger partial charge is 0.333 e. The fourth-order valence-corrected chi connectivity index (χ4v) is 10.4. The molecule has 1 aromatic heterocycles. The third-order valence-corrected chi connectivity index (χ3v) is 13.6. The number of nitrogens with zero attached hydrogens (tertiary/aromatic N) is 2. The second-order valence-corrected chi connectivity index (χ2v) is 20.6. The maximum atomic E-state index is 2.64. The fraction of sp³-hybridized carbons (Fsp3) is 0.222. The summed E-state index contributed by atoms with van der Waals surface area (Å²) in [6.45, 7) is 20.9. The molecule has 0 saturated heterocycles. The largest absolute Gasteiger partial charge is 0.376 e. The van der Waals surface area contributed by atoms with E-state index in [0.717, 1.165) is 0 Å². The Balaban J connectivity index is 1.36. The molecule has 2 aliphatic rings. The van der Waals surface area contributed by atoms with Crippen LogP contribution in [-0.2, 0) is 16.2 Å². The van der Waals surface area contributed by atoms with Crippen LogP contribution in [0.1, 0.15) is 79.0 Å². The van der Waals surface area contributed by atoms with Crippen molar-refractivity contribution in [1.29, 1.82) is 0 Å². The fourth-order valence-electron chi connectivity index (χ4n) is 9.28. The number of para-hydroxylation sites is 1. The molecule has 286 valence electrons. The highest BCUT2D eigenvalue weighted by atomic mass is 32.1. The molecule has 10 rings (SSSR count). The number of hydrogen-bond acceptors (Lipinski definition) is 3. The Hall–Kier alpha value is -5.58. The van der Waals surface area contributed by atoms with E-state index in [4.69, 9.17) is 0 Å². The van der Waals surface area contributed by atoms with Crippen LogP contribution in [0.15, 0.2) is 146 Å². The van der Waals surface area contributed by atoms with Gasteiger partial charge in [-0.15, -0.1) is 11.3 Å². The Bertz CT molecular complexity index is 2900. The molecule has 4 heteroatoms. The molecular weight excluding hydrogens is 719 g/mol. The molecular formula is C54H51BN2S. The van der Waals surface area contributed by atoms with Crippen LogP contribution in [0, 0.1) is 0 Å². The lowest BCUT2D eigenvalue weighted by molar-refractivity contribution is 0.590. The summed E-state index contributed by atoms with van der Waals surface area (Å²) in [5.74, 6) is 0. The minimum atomic E-state index is -0.0738. The van der Waals surface area contributed by atoms with E-state index in [0.29, 0.717) is 0 Å². The number of benzene rings is 7. The van der Waals surface area contributed by atoms with Gasteiger partial charge in [-0.05, 0) is 104 Å². The molecule has 0 unspecified atom stereocenters. The second kappa shape index (κ2) is 13.0. The van der Waals surface area contributed by atoms with Gasteiger partial charge in [-0.3, -0.25) is 0 Å². The van der Waals surface area contributed by atoms with Crippen molar-refractivity contribution in [2.75, 3.05) is 9.71 Å². The van der Waals surface area contributed by atoms with Gasteiger partial charge in [0.05, 0.1) is 5.69 Å². The Morgan fingerprint density at radius 3 is 1.79 bits per heavy atom. The highest BCUT2D eigenvalue weighted by molar-refractivity contribution is 7.26. The normalized spacial score (nSPS) is 13.8. The van der Waals surface area contributed by atoms with E-state index >= 15 is 0 Å². The third kappa shape index (κ3) is 5.82. The average Bonchev–Trinajstić information content (AvgIpc) is 3.57. The first-order valence-corrected chi connectivity index (χ1v) is 21.6. The zero-order chi connectivity index (χ0) is 40.3. The zero-order valence-corrected chi connectivity index (χ0v) is 36.1. The van der Waals surface area contributed by atoms with Crippen molar-refractivity contribution in [3.8, 4) is 22.3 Å². The van der Waals surface area contributed by atoms with Crippen LogP contribution < -0.4 is 20.6 Å². The van der Waals surface area contributed by atoms with Crippen LogP contribution in [0.25, 0.3) is 42.4 Å². The summed E-state index contributed by atoms with van der Waals surface area (Å²) < 4.78 is 2.63. The molecule has 0 saturated carbocycles. The number of fused-ring (bicyclic) bond motifs is 7. The van der Waals surface area contributed by atoms with Crippen molar-refractivity contribution < 1.29 is 0 Å². The lowest BCUT2D eigenvalue weighted by atomic mass is 9.43. The molecule has 3 heterocycles. The average molecular weight is 771 g/mol. The number of thiophene rings is 1. The van der Waals surface area contributed by atoms with E-state index in [1.807, 2.05) is 11.3 Å². The van der Waals surface area contributed by atoms with E-state index in [1.54, 1.807) is 0 Å². The SMILES string of the molecule is CC(C)(C)c1ccc(N2B3c4cc5c(cc4N(c4ccc(C(C)(C)C)cc4-c4ccccc4)c4cc(C(C)(C)C)cc(c43)-c3ccccc32)sc2ccccc25)cc1. The lowest BCUT2D eigenvalue weighted by Gasteiger charge is -2.46. The van der Waals surface area contributed by atoms with Crippen molar-refractivity contribution in [3.63, 3.8) is 0 Å². The predicted molar refractivity (Wildman–Crippen MR) is 255 cm³/mol. The quantitative estimate of drug-likeness (QED) is 0.165. The maximum absolute atomic E-state index is 2.64. The molecule has 0 atom stereocenters. The Kier molecular flexibility index (Phi) is 8.21. The zero-order valence-electron chi connectivity index (χ0n) is 35.2. The molecule has 0 aliphatic carbocycles. The van der Waals surface area contributed by atoms with Gasteiger partial charge in [-0.2, -0.15) is 0 Å². The van der Waals surface area contributed by atoms with Crippen LogP contribution in [-0.4, -0.2) is 6.85 Å². The molecule has 2 aliphatic heterocycles. The first-order valence-electron chi connectivity index (χ1n) is 20.8. The Morgan fingerprint density at radius 2 is 1.07 bits per heavy atom. The van der Waals surface area contributed by atoms with Gasteiger partial charge in [0.15, 0.2) is 0 Å². The number of anilines is 5. The topological polar surface area (TPSA) is 6.48 Å². The van der Waals surface area contributed by atoms with Gasteiger partial charge in [0.1, 0.15) is 0 Å². The number of rotatable bonds is 3. The van der Waals surface area contributed by atoms with Crippen molar-refractivity contribution in [1.82, 2.24) is 0 Å². The highest BCUT2D eigenvalue weighted by Gasteiger charge is 2.46. The molecule has 2 nitrogen and oxygen atoms in total. The van der Waals surface area contributed by atoms with E-state index in [2.05, 4.69) is 218 Å². The standard InChI is InChI=1S/C54H51BN2S/c1-52(2,3)35-23-26-38(27-24-35)57-46-21-15-13-19-39(46)43-30-37(54(7,8)9)31-48-51(43)55(57)44-32-42-40-20-14-16-22-49(40)58-50(42)33-47(44)56(48)45-28-25-36(53(4,5)6)29-41(45)34-17-11-10-12-18-34/h10-33H,1-9H3. The van der Waals surface area contributed by atoms with Crippen LogP contribution >= 0.6 is 11.3 Å². The van der Waals surface area contributed by atoms with E-state index in [1.165, 1.54) is 98.5 Å². The van der Waals surface area contributed by atoms with Gasteiger partial charge in [0, 0.05) is 54.0 Å². The summed E-state index contributed by atoms with van der Waals surface area (Å²) >= 11 is 1.90. The number of hydrogen-bond donors (Lipinski definition) is 0. The summed E-state index contributed by atoms with van der Waals surface area (Å²) in [4.78, 5) is 5.27. The van der Waals surface area contributed by atoms with Crippen molar-refractivity contribution in [2.24, 2.45) is 0 Å². The summed E-state index contributed by atoms with van der Waals surface area (Å²) in [5.41, 5.74) is 17.9. The third-order valence-electron chi connectivity index (χ3n) is 12.5. The summed E-state index contributed by atoms with van der Waals surface area (Å²) in [7, 11) is 0. The monoisotopic (exact) mass is 770 g/mol. The molecule has 8 aromatic rings. The molecule has 0 amide bonds. The summed E-state index contributed by atoms with van der Waals surface area (Å²) in [5, 5.41) is 2.65. The minimum Gasteiger partial charge on any atom is -0.376 e. The van der Waals surface area contributed by atoms with Crippen LogP contribution in [0.2, 0.25) is 0 Å². The first kappa shape index (κ1) is 36.7. The van der Waals surface area contributed by atoms with E-state index in [-0.39, 0.29) is 23.1 Å². The summed E-state index contributed by atoms with van der Waals surface area (Å²) in [6, 6.07) is 55.7. The van der Waals surface area contributed by atoms with Gasteiger partial charge in [-0.25, -0.2) is 0 Å². The molecule has 0 radical (unpaired) electrons. The van der Waals surface area contributed by atoms with Crippen molar-refractivity contribution >= 4 is 77.7 Å². The Morgan fingerprint density at radius 1 is 0.431 bits per heavy atom. The predicted octanol–water partition coefficient (Wildman–Crippen LogP) is 14.3.